The molecule has 1 amide bonds. The molecule has 0 aliphatic carbocycles. The Kier molecular flexibility index (Phi) is 4.17. The first-order valence-electron chi connectivity index (χ1n) is 4.89. The van der Waals surface area contributed by atoms with Crippen molar-refractivity contribution in [3.05, 3.63) is 23.0 Å². The number of carbonyl (C=O) groups excluding carboxylic acids is 1. The van der Waals surface area contributed by atoms with Gasteiger partial charge in [0.1, 0.15) is 0 Å². The van der Waals surface area contributed by atoms with Gasteiger partial charge in [-0.25, -0.2) is 0 Å². The maximum absolute atomic E-state index is 11.7. The van der Waals surface area contributed by atoms with Crippen LogP contribution in [0, 0.1) is 13.8 Å². The monoisotopic (exact) mass is 208 g/mol. The predicted octanol–water partition coefficient (Wildman–Crippen LogP) is 0.0426. The highest BCUT2D eigenvalue weighted by Crippen LogP contribution is 2.04. The van der Waals surface area contributed by atoms with E-state index in [1.54, 1.807) is 13.0 Å². The predicted molar refractivity (Wildman–Crippen MR) is 57.8 cm³/mol. The van der Waals surface area contributed by atoms with Gasteiger partial charge >= 0.3 is 0 Å². The molecule has 0 atom stereocenters. The Hall–Kier alpha value is -1.49. The van der Waals surface area contributed by atoms with Crippen molar-refractivity contribution >= 4 is 5.91 Å². The molecule has 0 aromatic carbocycles. The Morgan fingerprint density at radius 3 is 2.73 bits per heavy atom. The second-order valence-electron chi connectivity index (χ2n) is 3.34. The molecule has 0 aliphatic heterocycles. The smallest absolute Gasteiger partial charge is 0.253 e. The molecule has 5 nitrogen and oxygen atoms in total. The first kappa shape index (κ1) is 11.6. The Bertz CT molecular complexity index is 351. The fourth-order valence-corrected chi connectivity index (χ4v) is 1.18. The van der Waals surface area contributed by atoms with Gasteiger partial charge in [0.25, 0.3) is 5.91 Å². The molecule has 0 radical (unpaired) electrons. The average molecular weight is 208 g/mol. The number of aromatic nitrogens is 2. The molecule has 82 valence electrons. The molecule has 0 unspecified atom stereocenters. The van der Waals surface area contributed by atoms with Gasteiger partial charge in [0.15, 0.2) is 0 Å². The molecule has 15 heavy (non-hydrogen) atoms. The molecule has 2 N–H and O–H groups in total. The van der Waals surface area contributed by atoms with Gasteiger partial charge in [0, 0.05) is 13.1 Å². The Balaban J connectivity index is 2.68. The van der Waals surface area contributed by atoms with E-state index in [4.69, 9.17) is 0 Å². The lowest BCUT2D eigenvalue weighted by molar-refractivity contribution is 0.0952. The first-order valence-corrected chi connectivity index (χ1v) is 4.89. The van der Waals surface area contributed by atoms with Gasteiger partial charge in [-0.15, -0.1) is 0 Å². The molecule has 5 heteroatoms. The summed E-state index contributed by atoms with van der Waals surface area (Å²) in [4.78, 5) is 11.7. The van der Waals surface area contributed by atoms with Gasteiger partial charge in [-0.3, -0.25) is 4.79 Å². The average Bonchev–Trinajstić information content (AvgIpc) is 2.22. The van der Waals surface area contributed by atoms with Gasteiger partial charge in [0.2, 0.25) is 0 Å². The number of likely N-dealkylation sites (N-methyl/N-ethyl adjacent to an activating group) is 1. The molecule has 0 bridgehead atoms. The molecule has 1 aromatic heterocycles. The minimum Gasteiger partial charge on any atom is -0.351 e. The van der Waals surface area contributed by atoms with E-state index in [9.17, 15) is 4.79 Å². The van der Waals surface area contributed by atoms with Crippen LogP contribution in [0.1, 0.15) is 21.7 Å². The van der Waals surface area contributed by atoms with Crippen molar-refractivity contribution in [2.24, 2.45) is 0 Å². The van der Waals surface area contributed by atoms with E-state index in [1.807, 2.05) is 14.0 Å². The van der Waals surface area contributed by atoms with Crippen molar-refractivity contribution in [1.29, 1.82) is 0 Å². The number of hydrogen-bond acceptors (Lipinski definition) is 4. The highest BCUT2D eigenvalue weighted by atomic mass is 16.1. The molecule has 1 heterocycles. The summed E-state index contributed by atoms with van der Waals surface area (Å²) < 4.78 is 0. The number of amides is 1. The van der Waals surface area contributed by atoms with Crippen molar-refractivity contribution < 1.29 is 4.79 Å². The molecule has 0 saturated heterocycles. The maximum Gasteiger partial charge on any atom is 0.253 e. The largest absolute Gasteiger partial charge is 0.351 e. The second kappa shape index (κ2) is 5.41. The summed E-state index contributed by atoms with van der Waals surface area (Å²) in [5.41, 5.74) is 2.00. The summed E-state index contributed by atoms with van der Waals surface area (Å²) in [6, 6.07) is 1.75. The summed E-state index contributed by atoms with van der Waals surface area (Å²) in [6.45, 7) is 4.95. The number of nitrogens with one attached hydrogen (secondary N) is 2. The number of nitrogens with zero attached hydrogens (tertiary/aromatic N) is 2. The van der Waals surface area contributed by atoms with Crippen LogP contribution in [-0.2, 0) is 0 Å². The van der Waals surface area contributed by atoms with Crippen LogP contribution in [0.2, 0.25) is 0 Å². The lowest BCUT2D eigenvalue weighted by Gasteiger charge is -2.06. The minimum atomic E-state index is -0.0965. The molecule has 0 fully saturated rings. The van der Waals surface area contributed by atoms with Crippen molar-refractivity contribution in [2.75, 3.05) is 20.1 Å². The van der Waals surface area contributed by atoms with E-state index in [0.29, 0.717) is 17.8 Å². The summed E-state index contributed by atoms with van der Waals surface area (Å²) in [5, 5.41) is 13.5. The van der Waals surface area contributed by atoms with Crippen molar-refractivity contribution in [1.82, 2.24) is 20.8 Å². The number of hydrogen-bond donors (Lipinski definition) is 2. The molecular weight excluding hydrogens is 192 g/mol. The third-order valence-corrected chi connectivity index (χ3v) is 2.01. The van der Waals surface area contributed by atoms with E-state index in [2.05, 4.69) is 20.8 Å². The maximum atomic E-state index is 11.7. The minimum absolute atomic E-state index is 0.0965. The van der Waals surface area contributed by atoms with E-state index in [0.717, 1.165) is 12.2 Å². The fraction of sp³-hybridized carbons (Fsp3) is 0.500. The molecule has 1 rings (SSSR count). The van der Waals surface area contributed by atoms with Gasteiger partial charge in [-0.2, -0.15) is 10.2 Å². The van der Waals surface area contributed by atoms with Crippen LogP contribution in [0.4, 0.5) is 0 Å². The Morgan fingerprint density at radius 1 is 1.33 bits per heavy atom. The van der Waals surface area contributed by atoms with Crippen molar-refractivity contribution in [3.8, 4) is 0 Å². The Morgan fingerprint density at radius 2 is 2.07 bits per heavy atom. The number of aryl methyl sites for hydroxylation is 2. The van der Waals surface area contributed by atoms with Crippen molar-refractivity contribution in [2.45, 2.75) is 13.8 Å². The van der Waals surface area contributed by atoms with E-state index in [1.165, 1.54) is 0 Å². The quantitative estimate of drug-likeness (QED) is 0.686. The molecule has 0 saturated carbocycles. The topological polar surface area (TPSA) is 66.9 Å². The zero-order valence-electron chi connectivity index (χ0n) is 9.29. The van der Waals surface area contributed by atoms with Crippen LogP contribution < -0.4 is 10.6 Å². The van der Waals surface area contributed by atoms with Crippen LogP contribution >= 0.6 is 0 Å². The van der Waals surface area contributed by atoms with Gasteiger partial charge in [0.05, 0.1) is 17.0 Å². The number of rotatable bonds is 4. The van der Waals surface area contributed by atoms with Gasteiger partial charge in [-0.05, 0) is 27.0 Å². The highest BCUT2D eigenvalue weighted by molar-refractivity contribution is 5.95. The molecule has 0 spiro atoms. The van der Waals surface area contributed by atoms with Crippen LogP contribution in [0.5, 0.6) is 0 Å². The SMILES string of the molecule is CNCCNC(=O)c1cc(C)nnc1C. The number of carbonyl (C=O) groups is 1. The van der Waals surface area contributed by atoms with E-state index in [-0.39, 0.29) is 5.91 Å². The van der Waals surface area contributed by atoms with Crippen LogP contribution in [-0.4, -0.2) is 36.2 Å². The Labute approximate surface area is 89.3 Å². The first-order chi connectivity index (χ1) is 7.15. The van der Waals surface area contributed by atoms with Crippen LogP contribution in [0.15, 0.2) is 6.07 Å². The highest BCUT2D eigenvalue weighted by Gasteiger charge is 2.09. The van der Waals surface area contributed by atoms with Crippen molar-refractivity contribution in [3.63, 3.8) is 0 Å². The molecule has 1 aromatic rings. The third-order valence-electron chi connectivity index (χ3n) is 2.01. The zero-order chi connectivity index (χ0) is 11.3. The lowest BCUT2D eigenvalue weighted by Crippen LogP contribution is -2.31. The van der Waals surface area contributed by atoms with Crippen LogP contribution in [0.25, 0.3) is 0 Å². The standard InChI is InChI=1S/C10H16N4O/c1-7-6-9(8(2)14-13-7)10(15)12-5-4-11-3/h6,11H,4-5H2,1-3H3,(H,12,15). The summed E-state index contributed by atoms with van der Waals surface area (Å²) in [7, 11) is 1.84. The van der Waals surface area contributed by atoms with E-state index >= 15 is 0 Å². The summed E-state index contributed by atoms with van der Waals surface area (Å²) in [6.07, 6.45) is 0. The second-order valence-corrected chi connectivity index (χ2v) is 3.34. The molecule has 0 aliphatic rings. The lowest BCUT2D eigenvalue weighted by atomic mass is 10.2. The molecular formula is C10H16N4O. The fourth-order valence-electron chi connectivity index (χ4n) is 1.18. The van der Waals surface area contributed by atoms with Crippen LogP contribution in [0.3, 0.4) is 0 Å². The summed E-state index contributed by atoms with van der Waals surface area (Å²) in [5.74, 6) is -0.0965. The zero-order valence-corrected chi connectivity index (χ0v) is 9.29. The normalized spacial score (nSPS) is 10.1. The van der Waals surface area contributed by atoms with Gasteiger partial charge < -0.3 is 10.6 Å². The van der Waals surface area contributed by atoms with Gasteiger partial charge in [-0.1, -0.05) is 0 Å². The van der Waals surface area contributed by atoms with E-state index < -0.39 is 0 Å². The third kappa shape index (κ3) is 3.28. The summed E-state index contributed by atoms with van der Waals surface area (Å²) >= 11 is 0.